The second-order valence-electron chi connectivity index (χ2n) is 4.76. The van der Waals surface area contributed by atoms with Crippen molar-refractivity contribution in [1.82, 2.24) is 4.98 Å². The summed E-state index contributed by atoms with van der Waals surface area (Å²) in [7, 11) is 0. The van der Waals surface area contributed by atoms with Gasteiger partial charge in [-0.15, -0.1) is 0 Å². The molecule has 0 atom stereocenters. The number of hydrogen-bond acceptors (Lipinski definition) is 1. The number of nitrogens with zero attached hydrogens (tertiary/aromatic N) is 1. The second kappa shape index (κ2) is 4.88. The van der Waals surface area contributed by atoms with Crippen LogP contribution in [-0.2, 0) is 6.18 Å². The molecule has 1 heterocycles. The molecule has 1 radical (unpaired) electrons. The Labute approximate surface area is 120 Å². The molecule has 1 aromatic heterocycles. The first kappa shape index (κ1) is 13.6. The minimum atomic E-state index is -4.42. The Morgan fingerprint density at radius 3 is 2.33 bits per heavy atom. The third-order valence-corrected chi connectivity index (χ3v) is 3.26. The van der Waals surface area contributed by atoms with Crippen LogP contribution in [0.25, 0.3) is 22.0 Å². The molecule has 0 unspecified atom stereocenters. The number of aromatic nitrogens is 1. The van der Waals surface area contributed by atoms with E-state index in [2.05, 4.69) is 11.1 Å². The molecule has 0 aliphatic carbocycles. The summed E-state index contributed by atoms with van der Waals surface area (Å²) in [4.78, 5) is 4.05. The molecule has 3 rings (SSSR count). The molecule has 21 heavy (non-hydrogen) atoms. The fourth-order valence-electron chi connectivity index (χ4n) is 2.37. The van der Waals surface area contributed by atoms with E-state index in [0.717, 1.165) is 11.6 Å². The highest BCUT2D eigenvalue weighted by molar-refractivity contribution is 5.96. The Morgan fingerprint density at radius 2 is 1.67 bits per heavy atom. The zero-order chi connectivity index (χ0) is 15.0. The molecule has 0 aliphatic rings. The number of benzene rings is 2. The molecule has 0 bridgehead atoms. The number of alkyl halides is 3. The molecule has 2 aromatic carbocycles. The monoisotopic (exact) mass is 286 g/mol. The minimum Gasteiger partial charge on any atom is -0.252 e. The smallest absolute Gasteiger partial charge is 0.252 e. The van der Waals surface area contributed by atoms with Gasteiger partial charge in [-0.2, -0.15) is 13.2 Å². The van der Waals surface area contributed by atoms with E-state index in [1.165, 1.54) is 6.07 Å². The van der Waals surface area contributed by atoms with Crippen LogP contribution >= 0.6 is 0 Å². The average molecular weight is 286 g/mol. The van der Waals surface area contributed by atoms with Crippen LogP contribution in [0.4, 0.5) is 13.2 Å². The topological polar surface area (TPSA) is 12.9 Å². The Balaban J connectivity index is 2.38. The number of fused-ring (bicyclic) bond motifs is 1. The van der Waals surface area contributed by atoms with Gasteiger partial charge in [0.05, 0.1) is 11.1 Å². The molecule has 0 fully saturated rings. The van der Waals surface area contributed by atoms with Crippen LogP contribution in [0.1, 0.15) is 11.3 Å². The maximum Gasteiger partial charge on any atom is 0.418 e. The van der Waals surface area contributed by atoms with E-state index in [9.17, 15) is 13.2 Å². The highest BCUT2D eigenvalue weighted by atomic mass is 19.4. The first-order valence-corrected chi connectivity index (χ1v) is 6.42. The molecule has 3 aromatic rings. The van der Waals surface area contributed by atoms with Crippen molar-refractivity contribution in [3.8, 4) is 11.1 Å². The normalized spacial score (nSPS) is 11.8. The number of hydrogen-bond donors (Lipinski definition) is 0. The van der Waals surface area contributed by atoms with Crippen molar-refractivity contribution >= 4 is 10.9 Å². The van der Waals surface area contributed by atoms with Crippen LogP contribution in [0, 0.1) is 13.0 Å². The first-order valence-electron chi connectivity index (χ1n) is 6.42. The molecular weight excluding hydrogens is 275 g/mol. The molecule has 0 saturated heterocycles. The SMILES string of the molecule is Cc1[c]c(-c2ccccc2)c2cccc(C(F)(F)F)c2n1. The van der Waals surface area contributed by atoms with Crippen LogP contribution in [0.2, 0.25) is 0 Å². The fourth-order valence-corrected chi connectivity index (χ4v) is 2.37. The van der Waals surface area contributed by atoms with Crippen LogP contribution in [0.15, 0.2) is 48.5 Å². The van der Waals surface area contributed by atoms with E-state index < -0.39 is 11.7 Å². The van der Waals surface area contributed by atoms with Gasteiger partial charge in [-0.1, -0.05) is 42.5 Å². The average Bonchev–Trinajstić information content (AvgIpc) is 2.45. The Kier molecular flexibility index (Phi) is 3.16. The fraction of sp³-hybridized carbons (Fsp3) is 0.118. The lowest BCUT2D eigenvalue weighted by Gasteiger charge is -2.13. The molecule has 4 heteroatoms. The molecule has 0 saturated carbocycles. The van der Waals surface area contributed by atoms with Crippen molar-refractivity contribution < 1.29 is 13.2 Å². The lowest BCUT2D eigenvalue weighted by atomic mass is 9.98. The van der Waals surface area contributed by atoms with Gasteiger partial charge in [0.2, 0.25) is 0 Å². The van der Waals surface area contributed by atoms with Crippen LogP contribution in [0.5, 0.6) is 0 Å². The van der Waals surface area contributed by atoms with Gasteiger partial charge in [-0.05, 0) is 18.6 Å². The van der Waals surface area contributed by atoms with E-state index in [0.29, 0.717) is 16.6 Å². The molecular formula is C17H11F3N. The highest BCUT2D eigenvalue weighted by Crippen LogP contribution is 2.37. The summed E-state index contributed by atoms with van der Waals surface area (Å²) >= 11 is 0. The maximum absolute atomic E-state index is 13.1. The summed E-state index contributed by atoms with van der Waals surface area (Å²) < 4.78 is 39.4. The predicted octanol–water partition coefficient (Wildman–Crippen LogP) is 5.03. The summed E-state index contributed by atoms with van der Waals surface area (Å²) in [5.41, 5.74) is 1.17. The molecule has 0 N–H and O–H groups in total. The maximum atomic E-state index is 13.1. The molecule has 0 amide bonds. The molecule has 105 valence electrons. The number of rotatable bonds is 1. The van der Waals surface area contributed by atoms with Gasteiger partial charge >= 0.3 is 6.18 Å². The largest absolute Gasteiger partial charge is 0.418 e. The first-order chi connectivity index (χ1) is 9.97. The van der Waals surface area contributed by atoms with E-state index in [1.807, 2.05) is 30.3 Å². The van der Waals surface area contributed by atoms with Gasteiger partial charge in [0.25, 0.3) is 0 Å². The van der Waals surface area contributed by atoms with Crippen LogP contribution < -0.4 is 0 Å². The van der Waals surface area contributed by atoms with Crippen molar-refractivity contribution in [1.29, 1.82) is 0 Å². The second-order valence-corrected chi connectivity index (χ2v) is 4.76. The summed E-state index contributed by atoms with van der Waals surface area (Å²) in [6.07, 6.45) is -4.42. The van der Waals surface area contributed by atoms with Crippen LogP contribution in [0.3, 0.4) is 0 Å². The Bertz CT molecular complexity index is 792. The molecule has 0 aliphatic heterocycles. The zero-order valence-electron chi connectivity index (χ0n) is 11.2. The third kappa shape index (κ3) is 2.49. The van der Waals surface area contributed by atoms with E-state index in [-0.39, 0.29) is 5.52 Å². The predicted molar refractivity (Wildman–Crippen MR) is 75.8 cm³/mol. The van der Waals surface area contributed by atoms with Gasteiger partial charge in [0.15, 0.2) is 0 Å². The van der Waals surface area contributed by atoms with E-state index in [1.54, 1.807) is 13.0 Å². The van der Waals surface area contributed by atoms with Gasteiger partial charge < -0.3 is 0 Å². The van der Waals surface area contributed by atoms with Gasteiger partial charge in [-0.25, -0.2) is 0 Å². The van der Waals surface area contributed by atoms with Crippen molar-refractivity contribution in [3.63, 3.8) is 0 Å². The number of pyridine rings is 1. The van der Waals surface area contributed by atoms with Crippen molar-refractivity contribution in [2.45, 2.75) is 13.1 Å². The Morgan fingerprint density at radius 1 is 0.952 bits per heavy atom. The van der Waals surface area contributed by atoms with Gasteiger partial charge in [0, 0.05) is 22.7 Å². The highest BCUT2D eigenvalue weighted by Gasteiger charge is 2.33. The summed E-state index contributed by atoms with van der Waals surface area (Å²) in [5.74, 6) is 0. The molecule has 0 spiro atoms. The lowest BCUT2D eigenvalue weighted by Crippen LogP contribution is -2.07. The van der Waals surface area contributed by atoms with Gasteiger partial charge in [0.1, 0.15) is 0 Å². The van der Waals surface area contributed by atoms with Crippen LogP contribution in [-0.4, -0.2) is 4.98 Å². The number of halogens is 3. The molecule has 1 nitrogen and oxygen atoms in total. The third-order valence-electron chi connectivity index (χ3n) is 3.26. The standard InChI is InChI=1S/C17H11F3N/c1-11-10-14(12-6-3-2-4-7-12)13-8-5-9-15(16(13)21-11)17(18,19)20/h2-9H,1H3. The minimum absolute atomic E-state index is 0.0277. The van der Waals surface area contributed by atoms with Gasteiger partial charge in [-0.3, -0.25) is 4.98 Å². The van der Waals surface area contributed by atoms with Crippen molar-refractivity contribution in [2.24, 2.45) is 0 Å². The Hall–Kier alpha value is -2.36. The summed E-state index contributed by atoms with van der Waals surface area (Å²) in [6, 6.07) is 16.4. The quantitative estimate of drug-likeness (QED) is 0.611. The summed E-state index contributed by atoms with van der Waals surface area (Å²) in [5, 5.41) is 0.460. The number of para-hydroxylation sites is 1. The number of aryl methyl sites for hydroxylation is 1. The van der Waals surface area contributed by atoms with Crippen molar-refractivity contribution in [3.05, 3.63) is 65.9 Å². The lowest BCUT2D eigenvalue weighted by molar-refractivity contribution is -0.136. The summed E-state index contributed by atoms with van der Waals surface area (Å²) in [6.45, 7) is 1.65. The zero-order valence-corrected chi connectivity index (χ0v) is 11.2. The van der Waals surface area contributed by atoms with Crippen molar-refractivity contribution in [2.75, 3.05) is 0 Å². The van der Waals surface area contributed by atoms with E-state index in [4.69, 9.17) is 0 Å². The van der Waals surface area contributed by atoms with E-state index >= 15 is 0 Å².